The van der Waals surface area contributed by atoms with E-state index < -0.39 is 6.04 Å². The van der Waals surface area contributed by atoms with Gasteiger partial charge >= 0.3 is 0 Å². The molecule has 4 heteroatoms. The van der Waals surface area contributed by atoms with Crippen molar-refractivity contribution in [3.8, 4) is 0 Å². The summed E-state index contributed by atoms with van der Waals surface area (Å²) in [5, 5.41) is 0. The number of benzene rings is 1. The standard InChI is InChI=1S/C17H22N2O2/c1-12-6-7-13(2)15(11-12)16(18)14-5-4-8-19(17(14)20)9-10-21-3/h4-8,11,16H,9-10,18H2,1-3H3. The number of nitrogens with two attached hydrogens (primary N) is 1. The highest BCUT2D eigenvalue weighted by Gasteiger charge is 2.16. The lowest BCUT2D eigenvalue weighted by Gasteiger charge is -2.17. The van der Waals surface area contributed by atoms with Gasteiger partial charge in [-0.25, -0.2) is 0 Å². The van der Waals surface area contributed by atoms with E-state index in [4.69, 9.17) is 10.5 Å². The molecular weight excluding hydrogens is 264 g/mol. The van der Waals surface area contributed by atoms with E-state index in [2.05, 4.69) is 0 Å². The highest BCUT2D eigenvalue weighted by atomic mass is 16.5. The zero-order chi connectivity index (χ0) is 15.4. The molecule has 0 saturated heterocycles. The zero-order valence-electron chi connectivity index (χ0n) is 12.8. The van der Waals surface area contributed by atoms with Crippen molar-refractivity contribution < 1.29 is 4.74 Å². The molecule has 0 bridgehead atoms. The minimum absolute atomic E-state index is 0.0528. The molecule has 2 aromatic rings. The summed E-state index contributed by atoms with van der Waals surface area (Å²) in [6, 6.07) is 9.39. The van der Waals surface area contributed by atoms with Crippen LogP contribution in [-0.2, 0) is 11.3 Å². The summed E-state index contributed by atoms with van der Waals surface area (Å²) >= 11 is 0. The Balaban J connectivity index is 2.41. The Morgan fingerprint density at radius 1 is 1.24 bits per heavy atom. The van der Waals surface area contributed by atoms with Crippen molar-refractivity contribution in [1.82, 2.24) is 4.57 Å². The Labute approximate surface area is 125 Å². The first kappa shape index (κ1) is 15.5. The third-order valence-electron chi connectivity index (χ3n) is 3.69. The van der Waals surface area contributed by atoms with E-state index in [1.807, 2.05) is 38.1 Å². The van der Waals surface area contributed by atoms with Crippen LogP contribution in [0.5, 0.6) is 0 Å². The van der Waals surface area contributed by atoms with E-state index in [-0.39, 0.29) is 5.56 Å². The molecule has 0 aliphatic rings. The molecule has 1 aromatic carbocycles. The maximum atomic E-state index is 12.5. The van der Waals surface area contributed by atoms with Gasteiger partial charge < -0.3 is 15.0 Å². The molecule has 1 heterocycles. The second-order valence-corrected chi connectivity index (χ2v) is 5.29. The average Bonchev–Trinajstić information content (AvgIpc) is 2.48. The molecular formula is C17H22N2O2. The summed E-state index contributed by atoms with van der Waals surface area (Å²) in [5.74, 6) is 0. The van der Waals surface area contributed by atoms with Gasteiger partial charge in [0.2, 0.25) is 0 Å². The highest BCUT2D eigenvalue weighted by molar-refractivity contribution is 5.38. The van der Waals surface area contributed by atoms with Gasteiger partial charge in [-0.3, -0.25) is 4.79 Å². The Bertz CT molecular complexity index is 677. The SMILES string of the molecule is COCCn1cccc(C(N)c2cc(C)ccc2C)c1=O. The van der Waals surface area contributed by atoms with Crippen molar-refractivity contribution in [1.29, 1.82) is 0 Å². The Hall–Kier alpha value is -1.91. The predicted molar refractivity (Wildman–Crippen MR) is 84.5 cm³/mol. The smallest absolute Gasteiger partial charge is 0.255 e. The summed E-state index contributed by atoms with van der Waals surface area (Å²) < 4.78 is 6.67. The molecule has 1 atom stereocenters. The van der Waals surface area contributed by atoms with Gasteiger partial charge in [0.1, 0.15) is 0 Å². The fourth-order valence-electron chi connectivity index (χ4n) is 2.42. The monoisotopic (exact) mass is 286 g/mol. The number of pyridine rings is 1. The highest BCUT2D eigenvalue weighted by Crippen LogP contribution is 2.21. The van der Waals surface area contributed by atoms with Crippen LogP contribution < -0.4 is 11.3 Å². The molecule has 4 nitrogen and oxygen atoms in total. The molecule has 0 spiro atoms. The molecule has 0 fully saturated rings. The zero-order valence-corrected chi connectivity index (χ0v) is 12.8. The fourth-order valence-corrected chi connectivity index (χ4v) is 2.42. The van der Waals surface area contributed by atoms with Gasteiger partial charge in [0.05, 0.1) is 12.6 Å². The Morgan fingerprint density at radius 2 is 2.00 bits per heavy atom. The third-order valence-corrected chi connectivity index (χ3v) is 3.69. The fraction of sp³-hybridized carbons (Fsp3) is 0.353. The van der Waals surface area contributed by atoms with E-state index in [0.717, 1.165) is 16.7 Å². The van der Waals surface area contributed by atoms with Crippen molar-refractivity contribution in [2.45, 2.75) is 26.4 Å². The summed E-state index contributed by atoms with van der Waals surface area (Å²) in [7, 11) is 1.62. The summed E-state index contributed by atoms with van der Waals surface area (Å²) in [6.45, 7) is 5.07. The Morgan fingerprint density at radius 3 is 2.71 bits per heavy atom. The lowest BCUT2D eigenvalue weighted by atomic mass is 9.95. The van der Waals surface area contributed by atoms with Gasteiger partial charge in [-0.05, 0) is 31.0 Å². The number of rotatable bonds is 5. The van der Waals surface area contributed by atoms with Crippen molar-refractivity contribution in [3.63, 3.8) is 0 Å². The molecule has 0 radical (unpaired) electrons. The minimum atomic E-state index is -0.410. The van der Waals surface area contributed by atoms with Crippen molar-refractivity contribution in [2.24, 2.45) is 5.73 Å². The van der Waals surface area contributed by atoms with Crippen LogP contribution in [0.15, 0.2) is 41.3 Å². The second-order valence-electron chi connectivity index (χ2n) is 5.29. The van der Waals surface area contributed by atoms with Crippen LogP contribution in [0.1, 0.15) is 28.3 Å². The quantitative estimate of drug-likeness (QED) is 0.916. The van der Waals surface area contributed by atoms with Gasteiger partial charge in [-0.15, -0.1) is 0 Å². The number of hydrogen-bond acceptors (Lipinski definition) is 3. The number of hydrogen-bond donors (Lipinski definition) is 1. The first-order chi connectivity index (χ1) is 10.0. The van der Waals surface area contributed by atoms with E-state index in [9.17, 15) is 4.79 Å². The third kappa shape index (κ3) is 3.40. The van der Waals surface area contributed by atoms with Gasteiger partial charge in [0.15, 0.2) is 0 Å². The molecule has 1 aromatic heterocycles. The van der Waals surface area contributed by atoms with Crippen molar-refractivity contribution >= 4 is 0 Å². The number of ether oxygens (including phenoxy) is 1. The number of nitrogens with zero attached hydrogens (tertiary/aromatic N) is 1. The van der Waals surface area contributed by atoms with Crippen LogP contribution in [0.4, 0.5) is 0 Å². The van der Waals surface area contributed by atoms with Gasteiger partial charge in [-0.1, -0.05) is 29.8 Å². The van der Waals surface area contributed by atoms with E-state index in [1.54, 1.807) is 23.9 Å². The van der Waals surface area contributed by atoms with E-state index in [0.29, 0.717) is 18.7 Å². The molecule has 2 N–H and O–H groups in total. The molecule has 0 aliphatic heterocycles. The van der Waals surface area contributed by atoms with Gasteiger partial charge in [0.25, 0.3) is 5.56 Å². The van der Waals surface area contributed by atoms with Crippen LogP contribution in [-0.4, -0.2) is 18.3 Å². The Kier molecular flexibility index (Phi) is 4.94. The first-order valence-electron chi connectivity index (χ1n) is 7.05. The molecule has 0 aliphatic carbocycles. The topological polar surface area (TPSA) is 57.2 Å². The van der Waals surface area contributed by atoms with Crippen LogP contribution >= 0.6 is 0 Å². The van der Waals surface area contributed by atoms with E-state index >= 15 is 0 Å². The maximum Gasteiger partial charge on any atom is 0.255 e. The number of aromatic nitrogens is 1. The van der Waals surface area contributed by atoms with Gasteiger partial charge in [0, 0.05) is 25.4 Å². The number of methoxy groups -OCH3 is 1. The van der Waals surface area contributed by atoms with Crippen LogP contribution in [0.25, 0.3) is 0 Å². The molecule has 2 rings (SSSR count). The normalized spacial score (nSPS) is 12.4. The second kappa shape index (κ2) is 6.70. The lowest BCUT2D eigenvalue weighted by molar-refractivity contribution is 0.186. The lowest BCUT2D eigenvalue weighted by Crippen LogP contribution is -2.29. The van der Waals surface area contributed by atoms with Gasteiger partial charge in [-0.2, -0.15) is 0 Å². The minimum Gasteiger partial charge on any atom is -0.383 e. The van der Waals surface area contributed by atoms with Crippen LogP contribution in [0.3, 0.4) is 0 Å². The summed E-state index contributed by atoms with van der Waals surface area (Å²) in [5.41, 5.74) is 10.1. The molecule has 1 unspecified atom stereocenters. The predicted octanol–water partition coefficient (Wildman–Crippen LogP) is 2.16. The summed E-state index contributed by atoms with van der Waals surface area (Å²) in [4.78, 5) is 12.5. The molecule has 21 heavy (non-hydrogen) atoms. The molecule has 0 saturated carbocycles. The molecule has 112 valence electrons. The van der Waals surface area contributed by atoms with Crippen LogP contribution in [0, 0.1) is 13.8 Å². The van der Waals surface area contributed by atoms with Crippen molar-refractivity contribution in [3.05, 3.63) is 69.1 Å². The summed E-state index contributed by atoms with van der Waals surface area (Å²) in [6.07, 6.45) is 1.76. The van der Waals surface area contributed by atoms with Crippen LogP contribution in [0.2, 0.25) is 0 Å². The van der Waals surface area contributed by atoms with Crippen molar-refractivity contribution in [2.75, 3.05) is 13.7 Å². The maximum absolute atomic E-state index is 12.5. The first-order valence-corrected chi connectivity index (χ1v) is 7.05. The number of aryl methyl sites for hydroxylation is 2. The van der Waals surface area contributed by atoms with E-state index in [1.165, 1.54) is 0 Å². The largest absolute Gasteiger partial charge is 0.383 e. The average molecular weight is 286 g/mol. The molecule has 0 amide bonds.